The quantitative estimate of drug-likeness (QED) is 0.880. The third-order valence-electron chi connectivity index (χ3n) is 3.59. The Kier molecular flexibility index (Phi) is 5.27. The van der Waals surface area contributed by atoms with E-state index in [-0.39, 0.29) is 11.7 Å². The van der Waals surface area contributed by atoms with Crippen LogP contribution in [0.2, 0.25) is 0 Å². The number of benzene rings is 2. The molecule has 0 aliphatic heterocycles. The van der Waals surface area contributed by atoms with Gasteiger partial charge < -0.3 is 15.3 Å². The molecule has 0 radical (unpaired) electrons. The number of amides is 1. The molecule has 2 aromatic carbocycles. The molecule has 2 rings (SSSR count). The minimum absolute atomic E-state index is 0.0000761. The zero-order valence-electron chi connectivity index (χ0n) is 14.1. The van der Waals surface area contributed by atoms with E-state index in [0.717, 1.165) is 17.7 Å². The van der Waals surface area contributed by atoms with Crippen molar-refractivity contribution in [3.05, 3.63) is 53.6 Å². The molecule has 2 aromatic rings. The molecule has 0 aromatic heterocycles. The highest BCUT2D eigenvalue weighted by molar-refractivity contribution is 6.06. The van der Waals surface area contributed by atoms with Crippen molar-refractivity contribution in [3.63, 3.8) is 0 Å². The van der Waals surface area contributed by atoms with Crippen molar-refractivity contribution in [1.82, 2.24) is 0 Å². The second-order valence-electron chi connectivity index (χ2n) is 6.34. The first-order chi connectivity index (χ1) is 10.9. The number of phenolic OH excluding ortho intramolecular Hbond substituents is 1. The number of hydrogen-bond acceptors (Lipinski definition) is 3. The molecule has 4 nitrogen and oxygen atoms in total. The second kappa shape index (κ2) is 7.18. The molecule has 0 saturated carbocycles. The summed E-state index contributed by atoms with van der Waals surface area (Å²) in [7, 11) is 3.93. The van der Waals surface area contributed by atoms with Crippen LogP contribution in [0.4, 0.5) is 11.4 Å². The van der Waals surface area contributed by atoms with Gasteiger partial charge in [0, 0.05) is 25.5 Å². The van der Waals surface area contributed by atoms with Crippen molar-refractivity contribution in [2.75, 3.05) is 24.3 Å². The monoisotopic (exact) mass is 312 g/mol. The standard InChI is InChI=1S/C19H24N2O2/c1-13(2)11-14-5-10-18(22)17(12-14)19(23)20-15-6-8-16(9-7-15)21(3)4/h5-10,12-13,22H,11H2,1-4H3,(H,20,23). The van der Waals surface area contributed by atoms with Crippen LogP contribution < -0.4 is 10.2 Å². The van der Waals surface area contributed by atoms with Crippen molar-refractivity contribution in [3.8, 4) is 5.75 Å². The average molecular weight is 312 g/mol. The molecule has 0 fully saturated rings. The highest BCUT2D eigenvalue weighted by atomic mass is 16.3. The first kappa shape index (κ1) is 16.9. The number of nitrogens with one attached hydrogen (secondary N) is 1. The van der Waals surface area contributed by atoms with Gasteiger partial charge in [0.15, 0.2) is 0 Å². The maximum atomic E-state index is 12.4. The van der Waals surface area contributed by atoms with Gasteiger partial charge in [-0.05, 0) is 54.3 Å². The predicted molar refractivity (Wildman–Crippen MR) is 95.4 cm³/mol. The number of hydrogen-bond donors (Lipinski definition) is 2. The third-order valence-corrected chi connectivity index (χ3v) is 3.59. The maximum Gasteiger partial charge on any atom is 0.259 e. The Morgan fingerprint density at radius 3 is 2.35 bits per heavy atom. The highest BCUT2D eigenvalue weighted by Gasteiger charge is 2.13. The van der Waals surface area contributed by atoms with Crippen LogP contribution in [-0.2, 0) is 6.42 Å². The number of rotatable bonds is 5. The van der Waals surface area contributed by atoms with Gasteiger partial charge >= 0.3 is 0 Å². The summed E-state index contributed by atoms with van der Waals surface area (Å²) in [4.78, 5) is 14.4. The van der Waals surface area contributed by atoms with Crippen LogP contribution in [-0.4, -0.2) is 25.1 Å². The minimum atomic E-state index is -0.300. The zero-order chi connectivity index (χ0) is 17.0. The Morgan fingerprint density at radius 2 is 1.78 bits per heavy atom. The third kappa shape index (κ3) is 4.49. The Balaban J connectivity index is 2.16. The Morgan fingerprint density at radius 1 is 1.13 bits per heavy atom. The summed E-state index contributed by atoms with van der Waals surface area (Å²) < 4.78 is 0. The average Bonchev–Trinajstić information content (AvgIpc) is 2.49. The topological polar surface area (TPSA) is 52.6 Å². The van der Waals surface area contributed by atoms with Gasteiger partial charge in [-0.15, -0.1) is 0 Å². The molecule has 23 heavy (non-hydrogen) atoms. The molecule has 1 amide bonds. The van der Waals surface area contributed by atoms with Crippen molar-refractivity contribution < 1.29 is 9.90 Å². The van der Waals surface area contributed by atoms with Crippen molar-refractivity contribution in [1.29, 1.82) is 0 Å². The minimum Gasteiger partial charge on any atom is -0.507 e. The number of phenols is 1. The van der Waals surface area contributed by atoms with Crippen molar-refractivity contribution >= 4 is 17.3 Å². The molecule has 2 N–H and O–H groups in total. The molecular formula is C19H24N2O2. The summed E-state index contributed by atoms with van der Waals surface area (Å²) >= 11 is 0. The summed E-state index contributed by atoms with van der Waals surface area (Å²) in [6.45, 7) is 4.25. The lowest BCUT2D eigenvalue weighted by molar-refractivity contribution is 0.102. The van der Waals surface area contributed by atoms with E-state index in [1.807, 2.05) is 49.3 Å². The second-order valence-corrected chi connectivity index (χ2v) is 6.34. The number of anilines is 2. The summed E-state index contributed by atoms with van der Waals surface area (Å²) in [6, 6.07) is 12.8. The van der Waals surface area contributed by atoms with E-state index in [4.69, 9.17) is 0 Å². The highest BCUT2D eigenvalue weighted by Crippen LogP contribution is 2.22. The zero-order valence-corrected chi connectivity index (χ0v) is 14.1. The van der Waals surface area contributed by atoms with Gasteiger partial charge in [-0.25, -0.2) is 0 Å². The van der Waals surface area contributed by atoms with Crippen LogP contribution in [0.1, 0.15) is 29.8 Å². The smallest absolute Gasteiger partial charge is 0.259 e. The summed E-state index contributed by atoms with van der Waals surface area (Å²) in [6.07, 6.45) is 0.873. The van der Waals surface area contributed by atoms with Gasteiger partial charge in [-0.1, -0.05) is 19.9 Å². The van der Waals surface area contributed by atoms with Crippen LogP contribution in [0.25, 0.3) is 0 Å². The van der Waals surface area contributed by atoms with Gasteiger partial charge in [0.2, 0.25) is 0 Å². The van der Waals surface area contributed by atoms with E-state index in [0.29, 0.717) is 17.2 Å². The molecule has 0 aliphatic rings. The van der Waals surface area contributed by atoms with Gasteiger partial charge in [-0.3, -0.25) is 4.79 Å². The Bertz CT molecular complexity index is 676. The normalized spacial score (nSPS) is 10.7. The molecule has 4 heteroatoms. The van der Waals surface area contributed by atoms with E-state index < -0.39 is 0 Å². The molecule has 0 aliphatic carbocycles. The lowest BCUT2D eigenvalue weighted by Crippen LogP contribution is -2.13. The lowest BCUT2D eigenvalue weighted by atomic mass is 10.00. The fourth-order valence-corrected chi connectivity index (χ4v) is 2.40. The van der Waals surface area contributed by atoms with Gasteiger partial charge in [0.05, 0.1) is 5.56 Å². The summed E-state index contributed by atoms with van der Waals surface area (Å²) in [5, 5.41) is 12.8. The Labute approximate surface area is 137 Å². The SMILES string of the molecule is CC(C)Cc1ccc(O)c(C(=O)Nc2ccc(N(C)C)cc2)c1. The molecule has 0 saturated heterocycles. The Hall–Kier alpha value is -2.49. The molecule has 0 spiro atoms. The first-order valence-electron chi connectivity index (χ1n) is 7.77. The molecule has 0 unspecified atom stereocenters. The maximum absolute atomic E-state index is 12.4. The fourth-order valence-electron chi connectivity index (χ4n) is 2.40. The molecular weight excluding hydrogens is 288 g/mol. The van der Waals surface area contributed by atoms with E-state index in [9.17, 15) is 9.90 Å². The number of nitrogens with zero attached hydrogens (tertiary/aromatic N) is 1. The first-order valence-corrected chi connectivity index (χ1v) is 7.77. The van der Waals surface area contributed by atoms with Crippen molar-refractivity contribution in [2.24, 2.45) is 5.92 Å². The van der Waals surface area contributed by atoms with Crippen LogP contribution in [0, 0.1) is 5.92 Å². The molecule has 0 bridgehead atoms. The molecule has 0 atom stereocenters. The summed E-state index contributed by atoms with van der Waals surface area (Å²) in [5.41, 5.74) is 3.12. The van der Waals surface area contributed by atoms with E-state index in [1.54, 1.807) is 12.1 Å². The van der Waals surface area contributed by atoms with Crippen LogP contribution in [0.3, 0.4) is 0 Å². The van der Waals surface area contributed by atoms with Crippen LogP contribution in [0.5, 0.6) is 5.75 Å². The number of carbonyl (C=O) groups is 1. The van der Waals surface area contributed by atoms with E-state index in [1.165, 1.54) is 0 Å². The van der Waals surface area contributed by atoms with Gasteiger partial charge in [0.25, 0.3) is 5.91 Å². The van der Waals surface area contributed by atoms with E-state index >= 15 is 0 Å². The van der Waals surface area contributed by atoms with Crippen LogP contribution >= 0.6 is 0 Å². The largest absolute Gasteiger partial charge is 0.507 e. The van der Waals surface area contributed by atoms with Crippen molar-refractivity contribution in [2.45, 2.75) is 20.3 Å². The van der Waals surface area contributed by atoms with Gasteiger partial charge in [-0.2, -0.15) is 0 Å². The van der Waals surface area contributed by atoms with Crippen LogP contribution in [0.15, 0.2) is 42.5 Å². The predicted octanol–water partition coefficient (Wildman–Crippen LogP) is 3.91. The molecule has 0 heterocycles. The van der Waals surface area contributed by atoms with E-state index in [2.05, 4.69) is 19.2 Å². The molecule has 122 valence electrons. The summed E-state index contributed by atoms with van der Waals surface area (Å²) in [5.74, 6) is 0.194. The fraction of sp³-hybridized carbons (Fsp3) is 0.316. The lowest BCUT2D eigenvalue weighted by Gasteiger charge is -2.13. The number of aromatic hydroxyl groups is 1. The van der Waals surface area contributed by atoms with Gasteiger partial charge in [0.1, 0.15) is 5.75 Å². The number of carbonyl (C=O) groups excluding carboxylic acids is 1.